The maximum absolute atomic E-state index is 13.4. The van der Waals surface area contributed by atoms with Gasteiger partial charge in [-0.15, -0.1) is 0 Å². The Labute approximate surface area is 121 Å². The van der Waals surface area contributed by atoms with Crippen LogP contribution in [0.25, 0.3) is 0 Å². The van der Waals surface area contributed by atoms with E-state index in [0.717, 1.165) is 12.1 Å². The fourth-order valence-electron chi connectivity index (χ4n) is 1.93. The van der Waals surface area contributed by atoms with Crippen LogP contribution in [0.2, 0.25) is 0 Å². The second-order valence-corrected chi connectivity index (χ2v) is 4.68. The van der Waals surface area contributed by atoms with Gasteiger partial charge in [0.15, 0.2) is 0 Å². The largest absolute Gasteiger partial charge is 0.481 e. The quantitative estimate of drug-likeness (QED) is 0.809. The minimum Gasteiger partial charge on any atom is -0.481 e. The molecule has 5 nitrogen and oxygen atoms in total. The lowest BCUT2D eigenvalue weighted by Crippen LogP contribution is -2.40. The number of benzene rings is 1. The molecule has 0 aliphatic heterocycles. The number of anilines is 1. The molecule has 0 aliphatic carbocycles. The highest BCUT2D eigenvalue weighted by Gasteiger charge is 2.18. The number of nitrogens with zero attached hydrogens (tertiary/aromatic N) is 1. The molecule has 0 heterocycles. The third-order valence-corrected chi connectivity index (χ3v) is 3.05. The molecule has 0 aliphatic rings. The summed E-state index contributed by atoms with van der Waals surface area (Å²) in [4.78, 5) is 24.2. The van der Waals surface area contributed by atoms with Gasteiger partial charge in [-0.25, -0.2) is 8.78 Å². The van der Waals surface area contributed by atoms with Crippen LogP contribution in [-0.2, 0) is 9.59 Å². The summed E-state index contributed by atoms with van der Waals surface area (Å²) in [6.45, 7) is 3.91. The van der Waals surface area contributed by atoms with Gasteiger partial charge < -0.3 is 10.4 Å². The number of aliphatic carboxylic acids is 1. The Bertz CT molecular complexity index is 523. The lowest BCUT2D eigenvalue weighted by atomic mass is 10.2. The number of carbonyl (C=O) groups is 2. The molecule has 0 radical (unpaired) electrons. The number of carbonyl (C=O) groups excluding carboxylic acids is 1. The molecule has 0 fully saturated rings. The fraction of sp³-hybridized carbons (Fsp3) is 0.429. The lowest BCUT2D eigenvalue weighted by molar-refractivity contribution is -0.138. The smallest absolute Gasteiger partial charge is 0.304 e. The summed E-state index contributed by atoms with van der Waals surface area (Å²) >= 11 is 0. The van der Waals surface area contributed by atoms with Gasteiger partial charge in [-0.05, 0) is 25.6 Å². The molecule has 1 aromatic carbocycles. The SMILES string of the molecule is CCN(CC(=O)Nc1ccc(F)cc1F)C(C)CC(=O)O. The Kier molecular flexibility index (Phi) is 6.23. The van der Waals surface area contributed by atoms with Crippen LogP contribution in [0.3, 0.4) is 0 Å². The van der Waals surface area contributed by atoms with Crippen LogP contribution in [0, 0.1) is 11.6 Å². The zero-order valence-electron chi connectivity index (χ0n) is 11.9. The maximum Gasteiger partial charge on any atom is 0.304 e. The second kappa shape index (κ2) is 7.68. The van der Waals surface area contributed by atoms with Gasteiger partial charge in [0.25, 0.3) is 0 Å². The van der Waals surface area contributed by atoms with Crippen molar-refractivity contribution in [2.75, 3.05) is 18.4 Å². The van der Waals surface area contributed by atoms with Crippen LogP contribution in [0.4, 0.5) is 14.5 Å². The van der Waals surface area contributed by atoms with E-state index in [1.54, 1.807) is 18.7 Å². The van der Waals surface area contributed by atoms with Crippen molar-refractivity contribution in [1.82, 2.24) is 4.90 Å². The Hall–Kier alpha value is -2.02. The summed E-state index contributed by atoms with van der Waals surface area (Å²) in [5.74, 6) is -3.02. The van der Waals surface area contributed by atoms with Crippen LogP contribution < -0.4 is 5.32 Å². The van der Waals surface area contributed by atoms with E-state index in [-0.39, 0.29) is 24.7 Å². The fourth-order valence-corrected chi connectivity index (χ4v) is 1.93. The molecule has 7 heteroatoms. The van der Waals surface area contributed by atoms with Crippen molar-refractivity contribution in [3.8, 4) is 0 Å². The van der Waals surface area contributed by atoms with Gasteiger partial charge >= 0.3 is 5.97 Å². The predicted molar refractivity (Wildman–Crippen MR) is 73.9 cm³/mol. The number of likely N-dealkylation sites (N-methyl/N-ethyl adjacent to an activating group) is 1. The molecule has 0 bridgehead atoms. The average molecular weight is 300 g/mol. The molecule has 21 heavy (non-hydrogen) atoms. The number of carboxylic acid groups (broad SMARTS) is 1. The Balaban J connectivity index is 2.64. The number of rotatable bonds is 7. The van der Waals surface area contributed by atoms with Crippen LogP contribution in [0.1, 0.15) is 20.3 Å². The molecule has 1 aromatic rings. The molecule has 1 unspecified atom stereocenters. The number of hydrogen-bond acceptors (Lipinski definition) is 3. The summed E-state index contributed by atoms with van der Waals surface area (Å²) in [6, 6.07) is 2.54. The highest BCUT2D eigenvalue weighted by atomic mass is 19.1. The summed E-state index contributed by atoms with van der Waals surface area (Å²) in [5.41, 5.74) is -0.108. The van der Waals surface area contributed by atoms with E-state index < -0.39 is 23.5 Å². The van der Waals surface area contributed by atoms with Gasteiger partial charge in [0, 0.05) is 12.1 Å². The van der Waals surface area contributed by atoms with Gasteiger partial charge in [0.1, 0.15) is 11.6 Å². The standard InChI is InChI=1S/C14H18F2N2O3/c1-3-18(9(2)6-14(20)21)8-13(19)17-12-5-4-10(15)7-11(12)16/h4-5,7,9H,3,6,8H2,1-2H3,(H,17,19)(H,20,21). The number of amides is 1. The van der Waals surface area contributed by atoms with Crippen LogP contribution in [0.5, 0.6) is 0 Å². The first-order valence-corrected chi connectivity index (χ1v) is 6.54. The summed E-state index contributed by atoms with van der Waals surface area (Å²) in [7, 11) is 0. The molecular formula is C14H18F2N2O3. The van der Waals surface area contributed by atoms with Crippen molar-refractivity contribution in [2.24, 2.45) is 0 Å². The Morgan fingerprint density at radius 2 is 2.05 bits per heavy atom. The molecule has 1 amide bonds. The molecular weight excluding hydrogens is 282 g/mol. The summed E-state index contributed by atoms with van der Waals surface area (Å²) in [6.07, 6.45) is -0.0912. The van der Waals surface area contributed by atoms with Gasteiger partial charge in [0.2, 0.25) is 5.91 Å². The lowest BCUT2D eigenvalue weighted by Gasteiger charge is -2.25. The Morgan fingerprint density at radius 1 is 1.38 bits per heavy atom. The number of hydrogen-bond donors (Lipinski definition) is 2. The molecule has 1 rings (SSSR count). The second-order valence-electron chi connectivity index (χ2n) is 4.68. The van der Waals surface area contributed by atoms with E-state index in [4.69, 9.17) is 5.11 Å². The van der Waals surface area contributed by atoms with Gasteiger partial charge in [-0.3, -0.25) is 14.5 Å². The normalized spacial score (nSPS) is 12.2. The number of halogens is 2. The van der Waals surface area contributed by atoms with Gasteiger partial charge in [-0.2, -0.15) is 0 Å². The van der Waals surface area contributed by atoms with Crippen molar-refractivity contribution in [3.63, 3.8) is 0 Å². The molecule has 0 spiro atoms. The maximum atomic E-state index is 13.4. The zero-order valence-corrected chi connectivity index (χ0v) is 11.9. The van der Waals surface area contributed by atoms with Gasteiger partial charge in [-0.1, -0.05) is 6.92 Å². The topological polar surface area (TPSA) is 69.6 Å². The van der Waals surface area contributed by atoms with Crippen molar-refractivity contribution >= 4 is 17.6 Å². The Morgan fingerprint density at radius 3 is 2.57 bits per heavy atom. The molecule has 0 saturated carbocycles. The van der Waals surface area contributed by atoms with Crippen molar-refractivity contribution in [2.45, 2.75) is 26.3 Å². The molecule has 2 N–H and O–H groups in total. The monoisotopic (exact) mass is 300 g/mol. The highest BCUT2D eigenvalue weighted by Crippen LogP contribution is 2.15. The minimum absolute atomic E-state index is 0.0677. The third-order valence-electron chi connectivity index (χ3n) is 3.05. The summed E-state index contributed by atoms with van der Waals surface area (Å²) < 4.78 is 26.2. The van der Waals surface area contributed by atoms with E-state index in [2.05, 4.69) is 5.32 Å². The van der Waals surface area contributed by atoms with Crippen LogP contribution in [0.15, 0.2) is 18.2 Å². The molecule has 0 aromatic heterocycles. The van der Waals surface area contributed by atoms with Crippen LogP contribution >= 0.6 is 0 Å². The first kappa shape index (κ1) is 17.0. The van der Waals surface area contributed by atoms with E-state index in [1.807, 2.05) is 0 Å². The summed E-state index contributed by atoms with van der Waals surface area (Å²) in [5, 5.41) is 11.1. The van der Waals surface area contributed by atoms with E-state index in [1.165, 1.54) is 0 Å². The molecule has 116 valence electrons. The number of nitrogens with one attached hydrogen (secondary N) is 1. The highest BCUT2D eigenvalue weighted by molar-refractivity contribution is 5.92. The zero-order chi connectivity index (χ0) is 16.0. The van der Waals surface area contributed by atoms with E-state index in [9.17, 15) is 18.4 Å². The minimum atomic E-state index is -0.953. The van der Waals surface area contributed by atoms with Crippen molar-refractivity contribution < 1.29 is 23.5 Å². The third kappa shape index (κ3) is 5.47. The predicted octanol–water partition coefficient (Wildman–Crippen LogP) is 2.09. The molecule has 1 atom stereocenters. The van der Waals surface area contributed by atoms with Crippen molar-refractivity contribution in [3.05, 3.63) is 29.8 Å². The molecule has 0 saturated heterocycles. The van der Waals surface area contributed by atoms with E-state index in [0.29, 0.717) is 12.6 Å². The van der Waals surface area contributed by atoms with E-state index >= 15 is 0 Å². The number of carboxylic acids is 1. The van der Waals surface area contributed by atoms with Gasteiger partial charge in [0.05, 0.1) is 18.7 Å². The average Bonchev–Trinajstić information content (AvgIpc) is 2.38. The van der Waals surface area contributed by atoms with Crippen LogP contribution in [-0.4, -0.2) is 41.0 Å². The first-order valence-electron chi connectivity index (χ1n) is 6.54. The van der Waals surface area contributed by atoms with Crippen molar-refractivity contribution in [1.29, 1.82) is 0 Å². The first-order chi connectivity index (χ1) is 9.83.